The average Bonchev–Trinajstić information content (AvgIpc) is 3.04. The van der Waals surface area contributed by atoms with Crippen molar-refractivity contribution in [2.24, 2.45) is 0 Å². The van der Waals surface area contributed by atoms with E-state index >= 15 is 0 Å². The van der Waals surface area contributed by atoms with Crippen LogP contribution in [-0.2, 0) is 0 Å². The van der Waals surface area contributed by atoms with Gasteiger partial charge in [0.1, 0.15) is 11.2 Å². The summed E-state index contributed by atoms with van der Waals surface area (Å²) in [7, 11) is 1.45. The van der Waals surface area contributed by atoms with Crippen LogP contribution in [0.4, 0.5) is 0 Å². The van der Waals surface area contributed by atoms with Gasteiger partial charge < -0.3 is 18.8 Å². The van der Waals surface area contributed by atoms with Gasteiger partial charge in [0.25, 0.3) is 0 Å². The fraction of sp³-hybridized carbons (Fsp3) is 0.0833. The fourth-order valence-electron chi connectivity index (χ4n) is 1.73. The van der Waals surface area contributed by atoms with Crippen LogP contribution in [0.3, 0.4) is 0 Å². The minimum absolute atomic E-state index is 0.129. The van der Waals surface area contributed by atoms with E-state index in [9.17, 15) is 4.79 Å². The molecular weight excluding hydrogens is 252 g/mol. The Labute approximate surface area is 106 Å². The van der Waals surface area contributed by atoms with E-state index in [0.29, 0.717) is 22.4 Å². The van der Waals surface area contributed by atoms with Gasteiger partial charge in [0, 0.05) is 11.6 Å². The number of rotatable bonds is 3. The number of carbonyl (C=O) groups is 1. The van der Waals surface area contributed by atoms with Gasteiger partial charge in [-0.15, -0.1) is 0 Å². The van der Waals surface area contributed by atoms with E-state index in [1.54, 1.807) is 18.2 Å². The summed E-state index contributed by atoms with van der Waals surface area (Å²) in [4.78, 5) is 14.9. The van der Waals surface area contributed by atoms with Crippen LogP contribution in [0.1, 0.15) is 10.6 Å². The van der Waals surface area contributed by atoms with Crippen molar-refractivity contribution >= 4 is 17.1 Å². The lowest BCUT2D eigenvalue weighted by molar-refractivity contribution is 0.0652. The number of aromatic nitrogens is 2. The molecule has 7 nitrogen and oxygen atoms in total. The van der Waals surface area contributed by atoms with E-state index in [1.165, 1.54) is 13.2 Å². The zero-order chi connectivity index (χ0) is 13.4. The summed E-state index contributed by atoms with van der Waals surface area (Å²) in [5, 5.41) is 12.5. The lowest BCUT2D eigenvalue weighted by atomic mass is 10.1. The van der Waals surface area contributed by atoms with Crippen molar-refractivity contribution in [3.8, 4) is 17.3 Å². The number of carboxylic acids is 1. The average molecular weight is 260 g/mol. The molecule has 3 aromatic rings. The Morgan fingerprint density at radius 1 is 1.42 bits per heavy atom. The third-order valence-corrected chi connectivity index (χ3v) is 2.57. The third-order valence-electron chi connectivity index (χ3n) is 2.57. The Kier molecular flexibility index (Phi) is 2.45. The number of hydrogen-bond donors (Lipinski definition) is 1. The second-order valence-electron chi connectivity index (χ2n) is 3.72. The summed E-state index contributed by atoms with van der Waals surface area (Å²) < 4.78 is 15.0. The van der Waals surface area contributed by atoms with Crippen molar-refractivity contribution in [2.75, 3.05) is 7.11 Å². The standard InChI is InChI=1S/C12H8N2O5/c1-17-12-13-10-6(3-2-4-8(10)18-12)7-5-9(11(15)16)19-14-7/h2-5H,1H3,(H,15,16). The molecule has 0 amide bonds. The molecule has 0 atom stereocenters. The molecule has 2 heterocycles. The zero-order valence-electron chi connectivity index (χ0n) is 9.78. The number of benzene rings is 1. The van der Waals surface area contributed by atoms with Crippen molar-refractivity contribution in [2.45, 2.75) is 0 Å². The van der Waals surface area contributed by atoms with Gasteiger partial charge in [-0.1, -0.05) is 17.3 Å². The van der Waals surface area contributed by atoms with Gasteiger partial charge in [-0.2, -0.15) is 4.98 Å². The molecule has 3 rings (SSSR count). The van der Waals surface area contributed by atoms with Crippen LogP contribution in [0.25, 0.3) is 22.4 Å². The molecule has 0 saturated carbocycles. The number of hydrogen-bond acceptors (Lipinski definition) is 6. The van der Waals surface area contributed by atoms with E-state index in [4.69, 9.17) is 18.8 Å². The first-order chi connectivity index (χ1) is 9.19. The second-order valence-corrected chi connectivity index (χ2v) is 3.72. The van der Waals surface area contributed by atoms with Crippen molar-refractivity contribution < 1.29 is 23.6 Å². The molecule has 0 aliphatic heterocycles. The van der Waals surface area contributed by atoms with E-state index in [-0.39, 0.29) is 11.8 Å². The highest BCUT2D eigenvalue weighted by atomic mass is 16.6. The van der Waals surface area contributed by atoms with E-state index in [2.05, 4.69) is 10.1 Å². The lowest BCUT2D eigenvalue weighted by Gasteiger charge is -1.94. The minimum Gasteiger partial charge on any atom is -0.475 e. The maximum atomic E-state index is 10.8. The molecule has 1 N–H and O–H groups in total. The number of oxazole rings is 1. The fourth-order valence-corrected chi connectivity index (χ4v) is 1.73. The molecule has 0 spiro atoms. The second kappa shape index (κ2) is 4.13. The predicted octanol–water partition coefficient (Wildman–Crippen LogP) is 2.19. The number of fused-ring (bicyclic) bond motifs is 1. The first kappa shape index (κ1) is 11.3. The van der Waals surface area contributed by atoms with Crippen molar-refractivity contribution in [3.63, 3.8) is 0 Å². The van der Waals surface area contributed by atoms with Crippen LogP contribution in [0.15, 0.2) is 33.2 Å². The Bertz CT molecular complexity index is 758. The molecule has 0 aliphatic carbocycles. The van der Waals surface area contributed by atoms with E-state index < -0.39 is 5.97 Å². The Morgan fingerprint density at radius 3 is 2.95 bits per heavy atom. The first-order valence-electron chi connectivity index (χ1n) is 5.33. The Morgan fingerprint density at radius 2 is 2.26 bits per heavy atom. The van der Waals surface area contributed by atoms with E-state index in [0.717, 1.165) is 0 Å². The van der Waals surface area contributed by atoms with Crippen molar-refractivity contribution in [3.05, 3.63) is 30.0 Å². The number of ether oxygens (including phenoxy) is 1. The van der Waals surface area contributed by atoms with Crippen LogP contribution >= 0.6 is 0 Å². The molecule has 0 unspecified atom stereocenters. The van der Waals surface area contributed by atoms with Crippen LogP contribution < -0.4 is 4.74 Å². The normalized spacial score (nSPS) is 10.8. The van der Waals surface area contributed by atoms with Crippen LogP contribution in [0.5, 0.6) is 6.08 Å². The molecule has 2 aromatic heterocycles. The molecule has 7 heteroatoms. The summed E-state index contributed by atoms with van der Waals surface area (Å²) in [6.45, 7) is 0. The molecular formula is C12H8N2O5. The zero-order valence-corrected chi connectivity index (χ0v) is 9.78. The smallest absolute Gasteiger partial charge is 0.394 e. The monoisotopic (exact) mass is 260 g/mol. The summed E-state index contributed by atoms with van der Waals surface area (Å²) in [6.07, 6.45) is 0.129. The van der Waals surface area contributed by atoms with Crippen LogP contribution in [0, 0.1) is 0 Å². The highest BCUT2D eigenvalue weighted by Gasteiger charge is 2.17. The highest BCUT2D eigenvalue weighted by molar-refractivity contribution is 5.92. The summed E-state index contributed by atoms with van der Waals surface area (Å²) >= 11 is 0. The highest BCUT2D eigenvalue weighted by Crippen LogP contribution is 2.30. The maximum Gasteiger partial charge on any atom is 0.394 e. The molecule has 0 fully saturated rings. The first-order valence-corrected chi connectivity index (χ1v) is 5.33. The van der Waals surface area contributed by atoms with Crippen LogP contribution in [0.2, 0.25) is 0 Å². The number of para-hydroxylation sites is 1. The number of carboxylic acid groups (broad SMARTS) is 1. The Balaban J connectivity index is 2.17. The van der Waals surface area contributed by atoms with Gasteiger partial charge in [0.05, 0.1) is 7.11 Å². The van der Waals surface area contributed by atoms with E-state index in [1.807, 2.05) is 0 Å². The number of aromatic carboxylic acids is 1. The SMILES string of the molecule is COc1nc2c(-c3cc(C(=O)O)on3)cccc2o1. The molecule has 19 heavy (non-hydrogen) atoms. The van der Waals surface area contributed by atoms with Gasteiger partial charge >= 0.3 is 12.0 Å². The van der Waals surface area contributed by atoms with Crippen molar-refractivity contribution in [1.29, 1.82) is 0 Å². The van der Waals surface area contributed by atoms with Gasteiger partial charge in [-0.25, -0.2) is 4.79 Å². The minimum atomic E-state index is -1.18. The van der Waals surface area contributed by atoms with Crippen molar-refractivity contribution in [1.82, 2.24) is 10.1 Å². The number of methoxy groups -OCH3 is 1. The predicted molar refractivity (Wildman–Crippen MR) is 63.0 cm³/mol. The summed E-state index contributed by atoms with van der Waals surface area (Å²) in [5.74, 6) is -1.41. The maximum absolute atomic E-state index is 10.8. The molecule has 0 radical (unpaired) electrons. The molecule has 0 saturated heterocycles. The van der Waals surface area contributed by atoms with Gasteiger partial charge in [0.15, 0.2) is 5.58 Å². The summed E-state index contributed by atoms with van der Waals surface area (Å²) in [5.41, 5.74) is 2.04. The molecule has 0 aliphatic rings. The third kappa shape index (κ3) is 1.81. The quantitative estimate of drug-likeness (QED) is 0.770. The lowest BCUT2D eigenvalue weighted by Crippen LogP contribution is -1.91. The van der Waals surface area contributed by atoms with Crippen LogP contribution in [-0.4, -0.2) is 28.3 Å². The molecule has 1 aromatic carbocycles. The van der Waals surface area contributed by atoms with Gasteiger partial charge in [-0.3, -0.25) is 0 Å². The number of nitrogens with zero attached hydrogens (tertiary/aromatic N) is 2. The van der Waals surface area contributed by atoms with Gasteiger partial charge in [-0.05, 0) is 6.07 Å². The molecule has 0 bridgehead atoms. The topological polar surface area (TPSA) is 98.6 Å². The summed E-state index contributed by atoms with van der Waals surface area (Å²) in [6, 6.07) is 6.55. The Hall–Kier alpha value is -2.83. The molecule has 96 valence electrons. The largest absolute Gasteiger partial charge is 0.475 e. The van der Waals surface area contributed by atoms with Gasteiger partial charge in [0.2, 0.25) is 5.76 Å².